The molecule has 2 heterocycles. The molecule has 1 aliphatic rings. The lowest BCUT2D eigenvalue weighted by Gasteiger charge is -2.22. The molecule has 0 aliphatic carbocycles. The molecular formula is C13H22N2OS. The Labute approximate surface area is 108 Å². The van der Waals surface area contributed by atoms with E-state index >= 15 is 0 Å². The molecule has 1 aliphatic heterocycles. The molecule has 0 radical (unpaired) electrons. The highest BCUT2D eigenvalue weighted by atomic mass is 32.1. The van der Waals surface area contributed by atoms with Crippen LogP contribution in [0.3, 0.4) is 0 Å². The standard InChI is InChI=1S/C13H22N2OS/c1-10-13(17-11(2)15-10)9-14-7-6-12-5-3-4-8-16-12/h12,14H,3-9H2,1-2H3. The normalized spacial score (nSPS) is 20.7. The van der Waals surface area contributed by atoms with Crippen LogP contribution in [-0.4, -0.2) is 24.2 Å². The molecule has 4 heteroatoms. The molecule has 1 aromatic heterocycles. The lowest BCUT2D eigenvalue weighted by molar-refractivity contribution is 0.0115. The molecule has 1 atom stereocenters. The summed E-state index contributed by atoms with van der Waals surface area (Å²) in [6.07, 6.45) is 5.43. The SMILES string of the molecule is Cc1nc(C)c(CNCCC2CCCCO2)s1. The van der Waals surface area contributed by atoms with Gasteiger partial charge in [-0.3, -0.25) is 0 Å². The molecule has 1 N–H and O–H groups in total. The highest BCUT2D eigenvalue weighted by Crippen LogP contribution is 2.17. The first kappa shape index (κ1) is 13.0. The van der Waals surface area contributed by atoms with Gasteiger partial charge in [0.05, 0.1) is 16.8 Å². The number of hydrogen-bond donors (Lipinski definition) is 1. The van der Waals surface area contributed by atoms with Crippen molar-refractivity contribution in [1.29, 1.82) is 0 Å². The average Bonchev–Trinajstić information content (AvgIpc) is 2.65. The maximum absolute atomic E-state index is 5.71. The number of ether oxygens (including phenoxy) is 1. The summed E-state index contributed by atoms with van der Waals surface area (Å²) in [5.74, 6) is 0. The van der Waals surface area contributed by atoms with Crippen LogP contribution in [0, 0.1) is 13.8 Å². The first-order valence-electron chi connectivity index (χ1n) is 6.51. The van der Waals surface area contributed by atoms with Crippen LogP contribution >= 0.6 is 11.3 Å². The third-order valence-electron chi connectivity index (χ3n) is 3.20. The molecule has 96 valence electrons. The average molecular weight is 254 g/mol. The second kappa shape index (κ2) is 6.47. The molecule has 1 aromatic rings. The third-order valence-corrected chi connectivity index (χ3v) is 4.28. The van der Waals surface area contributed by atoms with Gasteiger partial charge in [-0.1, -0.05) is 0 Å². The van der Waals surface area contributed by atoms with Gasteiger partial charge in [0.15, 0.2) is 0 Å². The first-order chi connectivity index (χ1) is 8.25. The number of aryl methyl sites for hydroxylation is 2. The zero-order valence-corrected chi connectivity index (χ0v) is 11.6. The summed E-state index contributed by atoms with van der Waals surface area (Å²) in [5.41, 5.74) is 1.17. The number of aromatic nitrogens is 1. The molecular weight excluding hydrogens is 232 g/mol. The summed E-state index contributed by atoms with van der Waals surface area (Å²) in [5, 5.41) is 4.66. The monoisotopic (exact) mass is 254 g/mol. The van der Waals surface area contributed by atoms with Crippen LogP contribution in [0.2, 0.25) is 0 Å². The second-order valence-electron chi connectivity index (χ2n) is 4.70. The Morgan fingerprint density at radius 2 is 2.29 bits per heavy atom. The minimum absolute atomic E-state index is 0.487. The fraction of sp³-hybridized carbons (Fsp3) is 0.769. The number of thiazole rings is 1. The van der Waals surface area contributed by atoms with E-state index < -0.39 is 0 Å². The van der Waals surface area contributed by atoms with E-state index in [9.17, 15) is 0 Å². The molecule has 1 saturated heterocycles. The smallest absolute Gasteiger partial charge is 0.0900 e. The maximum atomic E-state index is 5.71. The van der Waals surface area contributed by atoms with Gasteiger partial charge in [-0.15, -0.1) is 11.3 Å². The minimum atomic E-state index is 0.487. The van der Waals surface area contributed by atoms with E-state index in [-0.39, 0.29) is 0 Å². The number of nitrogens with zero attached hydrogens (tertiary/aromatic N) is 1. The fourth-order valence-electron chi connectivity index (χ4n) is 2.24. The van der Waals surface area contributed by atoms with Gasteiger partial charge in [-0.2, -0.15) is 0 Å². The highest BCUT2D eigenvalue weighted by Gasteiger charge is 2.13. The van der Waals surface area contributed by atoms with Crippen molar-refractivity contribution in [3.05, 3.63) is 15.6 Å². The van der Waals surface area contributed by atoms with Crippen molar-refractivity contribution in [2.45, 2.75) is 52.2 Å². The topological polar surface area (TPSA) is 34.2 Å². The van der Waals surface area contributed by atoms with Crippen molar-refractivity contribution in [3.8, 4) is 0 Å². The fourth-order valence-corrected chi connectivity index (χ4v) is 3.14. The van der Waals surface area contributed by atoms with Crippen molar-refractivity contribution in [2.75, 3.05) is 13.2 Å². The zero-order valence-electron chi connectivity index (χ0n) is 10.8. The van der Waals surface area contributed by atoms with Gasteiger partial charge >= 0.3 is 0 Å². The summed E-state index contributed by atoms with van der Waals surface area (Å²) in [6.45, 7) is 7.10. The molecule has 0 aromatic carbocycles. The summed E-state index contributed by atoms with van der Waals surface area (Å²) in [6, 6.07) is 0. The molecule has 1 fully saturated rings. The Morgan fingerprint density at radius 1 is 1.41 bits per heavy atom. The molecule has 0 saturated carbocycles. The molecule has 0 bridgehead atoms. The quantitative estimate of drug-likeness (QED) is 0.820. The van der Waals surface area contributed by atoms with Crippen LogP contribution in [0.1, 0.15) is 41.3 Å². The third kappa shape index (κ3) is 4.05. The second-order valence-corrected chi connectivity index (χ2v) is 5.98. The van der Waals surface area contributed by atoms with Gasteiger partial charge < -0.3 is 10.1 Å². The van der Waals surface area contributed by atoms with Gasteiger partial charge in [0.25, 0.3) is 0 Å². The van der Waals surface area contributed by atoms with Crippen molar-refractivity contribution in [2.24, 2.45) is 0 Å². The summed E-state index contributed by atoms with van der Waals surface area (Å²) < 4.78 is 5.71. The van der Waals surface area contributed by atoms with Crippen molar-refractivity contribution in [1.82, 2.24) is 10.3 Å². The number of rotatable bonds is 5. The summed E-state index contributed by atoms with van der Waals surface area (Å²) >= 11 is 1.80. The van der Waals surface area contributed by atoms with Gasteiger partial charge in [0.2, 0.25) is 0 Å². The molecule has 17 heavy (non-hydrogen) atoms. The Hall–Kier alpha value is -0.450. The molecule has 3 nitrogen and oxygen atoms in total. The van der Waals surface area contributed by atoms with Crippen molar-refractivity contribution >= 4 is 11.3 Å². The van der Waals surface area contributed by atoms with E-state index in [2.05, 4.69) is 24.1 Å². The maximum Gasteiger partial charge on any atom is 0.0900 e. The van der Waals surface area contributed by atoms with E-state index in [1.165, 1.54) is 29.8 Å². The molecule has 2 rings (SSSR count). The van der Waals surface area contributed by atoms with Crippen molar-refractivity contribution < 1.29 is 4.74 Å². The van der Waals surface area contributed by atoms with E-state index in [0.717, 1.165) is 31.1 Å². The first-order valence-corrected chi connectivity index (χ1v) is 7.32. The Kier molecular flexibility index (Phi) is 4.95. The molecule has 0 amide bonds. The Balaban J connectivity index is 1.64. The van der Waals surface area contributed by atoms with Gasteiger partial charge in [0, 0.05) is 18.0 Å². The van der Waals surface area contributed by atoms with E-state index in [4.69, 9.17) is 4.74 Å². The van der Waals surface area contributed by atoms with Gasteiger partial charge in [-0.25, -0.2) is 4.98 Å². The van der Waals surface area contributed by atoms with Gasteiger partial charge in [-0.05, 0) is 46.1 Å². The lowest BCUT2D eigenvalue weighted by atomic mass is 10.1. The number of nitrogens with one attached hydrogen (secondary N) is 1. The lowest BCUT2D eigenvalue weighted by Crippen LogP contribution is -2.25. The summed E-state index contributed by atoms with van der Waals surface area (Å²) in [7, 11) is 0. The number of hydrogen-bond acceptors (Lipinski definition) is 4. The van der Waals surface area contributed by atoms with E-state index in [1.807, 2.05) is 0 Å². The van der Waals surface area contributed by atoms with Crippen LogP contribution in [-0.2, 0) is 11.3 Å². The van der Waals surface area contributed by atoms with Crippen LogP contribution in [0.15, 0.2) is 0 Å². The van der Waals surface area contributed by atoms with Crippen LogP contribution in [0.5, 0.6) is 0 Å². The Bertz CT molecular complexity index is 345. The van der Waals surface area contributed by atoms with E-state index in [0.29, 0.717) is 6.10 Å². The van der Waals surface area contributed by atoms with Crippen molar-refractivity contribution in [3.63, 3.8) is 0 Å². The van der Waals surface area contributed by atoms with E-state index in [1.54, 1.807) is 11.3 Å². The molecule has 1 unspecified atom stereocenters. The summed E-state index contributed by atoms with van der Waals surface area (Å²) in [4.78, 5) is 5.80. The zero-order chi connectivity index (χ0) is 12.1. The largest absolute Gasteiger partial charge is 0.378 e. The van der Waals surface area contributed by atoms with Crippen LogP contribution in [0.25, 0.3) is 0 Å². The molecule has 0 spiro atoms. The predicted octanol–water partition coefficient (Wildman–Crippen LogP) is 2.81. The highest BCUT2D eigenvalue weighted by molar-refractivity contribution is 7.11. The van der Waals surface area contributed by atoms with Crippen LogP contribution < -0.4 is 5.32 Å². The Morgan fingerprint density at radius 3 is 2.94 bits per heavy atom. The van der Waals surface area contributed by atoms with Crippen LogP contribution in [0.4, 0.5) is 0 Å². The minimum Gasteiger partial charge on any atom is -0.378 e. The predicted molar refractivity (Wildman–Crippen MR) is 71.5 cm³/mol. The van der Waals surface area contributed by atoms with Gasteiger partial charge in [0.1, 0.15) is 0 Å².